The summed E-state index contributed by atoms with van der Waals surface area (Å²) in [5.41, 5.74) is 1.44. The molecule has 150 valence electrons. The molecule has 0 radical (unpaired) electrons. The second kappa shape index (κ2) is 7.59. The van der Waals surface area contributed by atoms with Crippen molar-refractivity contribution < 1.29 is 19.2 Å². The van der Waals surface area contributed by atoms with Gasteiger partial charge in [0.2, 0.25) is 0 Å². The van der Waals surface area contributed by atoms with Crippen LogP contribution in [0.3, 0.4) is 0 Å². The zero-order valence-electron chi connectivity index (χ0n) is 15.3. The third kappa shape index (κ3) is 3.81. The number of nitrogens with zero attached hydrogens (tertiary/aromatic N) is 3. The van der Waals surface area contributed by atoms with Gasteiger partial charge in [0.05, 0.1) is 10.6 Å². The molecule has 1 N–H and O–H groups in total. The number of fused-ring (bicyclic) bond motifs is 1. The molecule has 4 rings (SSSR count). The van der Waals surface area contributed by atoms with Crippen LogP contribution in [-0.2, 0) is 4.79 Å². The lowest BCUT2D eigenvalue weighted by molar-refractivity contribution is -0.384. The molecule has 2 amide bonds. The van der Waals surface area contributed by atoms with Gasteiger partial charge in [0.15, 0.2) is 6.61 Å². The number of rotatable bonds is 3. The molecule has 1 saturated heterocycles. The fourth-order valence-corrected chi connectivity index (χ4v) is 3.62. The van der Waals surface area contributed by atoms with Crippen LogP contribution in [0, 0.1) is 10.1 Å². The third-order valence-corrected chi connectivity index (χ3v) is 5.14. The maximum absolute atomic E-state index is 12.9. The van der Waals surface area contributed by atoms with Gasteiger partial charge in [-0.25, -0.2) is 0 Å². The van der Waals surface area contributed by atoms with Gasteiger partial charge in [-0.2, -0.15) is 0 Å². The molecule has 0 saturated carbocycles. The van der Waals surface area contributed by atoms with Gasteiger partial charge in [0.1, 0.15) is 11.4 Å². The Morgan fingerprint density at radius 2 is 1.90 bits per heavy atom. The highest BCUT2D eigenvalue weighted by Gasteiger charge is 2.27. The number of benzene rings is 2. The van der Waals surface area contributed by atoms with E-state index in [1.165, 1.54) is 6.07 Å². The summed E-state index contributed by atoms with van der Waals surface area (Å²) < 4.78 is 5.37. The highest BCUT2D eigenvalue weighted by atomic mass is 35.5. The zero-order chi connectivity index (χ0) is 20.5. The highest BCUT2D eigenvalue weighted by molar-refractivity contribution is 6.30. The molecule has 0 aliphatic carbocycles. The van der Waals surface area contributed by atoms with Crippen LogP contribution in [0.2, 0.25) is 5.02 Å². The van der Waals surface area contributed by atoms with Gasteiger partial charge in [-0.3, -0.25) is 19.7 Å². The monoisotopic (exact) mass is 416 g/mol. The average molecular weight is 417 g/mol. The van der Waals surface area contributed by atoms with Gasteiger partial charge in [-0.15, -0.1) is 0 Å². The topological polar surface area (TPSA) is 105 Å². The summed E-state index contributed by atoms with van der Waals surface area (Å²) in [6.45, 7) is 1.70. The number of halogens is 1. The summed E-state index contributed by atoms with van der Waals surface area (Å²) in [5, 5.41) is 14.3. The molecule has 2 aromatic carbocycles. The highest BCUT2D eigenvalue weighted by Crippen LogP contribution is 2.32. The predicted octanol–water partition coefficient (Wildman–Crippen LogP) is 2.54. The van der Waals surface area contributed by atoms with E-state index >= 15 is 0 Å². The molecule has 2 aromatic rings. The number of amides is 2. The van der Waals surface area contributed by atoms with Crippen molar-refractivity contribution in [3.63, 3.8) is 0 Å². The van der Waals surface area contributed by atoms with Crippen LogP contribution in [0.5, 0.6) is 5.75 Å². The van der Waals surface area contributed by atoms with Crippen molar-refractivity contribution in [2.24, 2.45) is 0 Å². The number of carbonyl (C=O) groups excluding carboxylic acids is 2. The van der Waals surface area contributed by atoms with Crippen molar-refractivity contribution >= 4 is 40.5 Å². The van der Waals surface area contributed by atoms with Gasteiger partial charge < -0.3 is 19.9 Å². The van der Waals surface area contributed by atoms with Crippen molar-refractivity contribution in [2.45, 2.75) is 0 Å². The van der Waals surface area contributed by atoms with Crippen molar-refractivity contribution in [1.82, 2.24) is 4.90 Å². The molecular weight excluding hydrogens is 400 g/mol. The minimum Gasteiger partial charge on any atom is -0.482 e. The number of hydrogen-bond acceptors (Lipinski definition) is 6. The van der Waals surface area contributed by atoms with Crippen molar-refractivity contribution in [2.75, 3.05) is 43.0 Å². The van der Waals surface area contributed by atoms with Crippen LogP contribution in [0.25, 0.3) is 0 Å². The number of anilines is 2. The van der Waals surface area contributed by atoms with Crippen molar-refractivity contribution in [3.8, 4) is 5.75 Å². The van der Waals surface area contributed by atoms with E-state index in [9.17, 15) is 19.7 Å². The third-order valence-electron chi connectivity index (χ3n) is 4.90. The maximum atomic E-state index is 12.9. The predicted molar refractivity (Wildman–Crippen MR) is 107 cm³/mol. The summed E-state index contributed by atoms with van der Waals surface area (Å²) in [5.74, 6) is 0.0772. The van der Waals surface area contributed by atoms with Gasteiger partial charge in [0, 0.05) is 42.8 Å². The summed E-state index contributed by atoms with van der Waals surface area (Å²) in [4.78, 5) is 38.7. The Labute approximate surface area is 170 Å². The van der Waals surface area contributed by atoms with E-state index in [2.05, 4.69) is 5.32 Å². The Morgan fingerprint density at radius 3 is 2.62 bits per heavy atom. The normalized spacial score (nSPS) is 16.0. The smallest absolute Gasteiger partial charge is 0.294 e. The zero-order valence-corrected chi connectivity index (χ0v) is 16.0. The summed E-state index contributed by atoms with van der Waals surface area (Å²) in [6.07, 6.45) is 0. The van der Waals surface area contributed by atoms with Gasteiger partial charge in [-0.05, 0) is 30.3 Å². The first-order valence-corrected chi connectivity index (χ1v) is 9.35. The number of piperazine rings is 1. The van der Waals surface area contributed by atoms with E-state index < -0.39 is 4.92 Å². The number of hydrogen-bond donors (Lipinski definition) is 1. The minimum atomic E-state index is -0.454. The lowest BCUT2D eigenvalue weighted by Crippen LogP contribution is -2.49. The van der Waals surface area contributed by atoms with Gasteiger partial charge in [0.25, 0.3) is 17.5 Å². The summed E-state index contributed by atoms with van der Waals surface area (Å²) in [6, 6.07) is 9.49. The first kappa shape index (κ1) is 19.0. The second-order valence-corrected chi connectivity index (χ2v) is 7.15. The van der Waals surface area contributed by atoms with Gasteiger partial charge >= 0.3 is 0 Å². The SMILES string of the molecule is O=C1COc2cc(C(=O)N3CCN(c4ccc(Cl)cc4[N+](=O)[O-])CC3)ccc2N1. The fraction of sp³-hybridized carbons (Fsp3) is 0.263. The average Bonchev–Trinajstić information content (AvgIpc) is 2.73. The number of carbonyl (C=O) groups is 2. The lowest BCUT2D eigenvalue weighted by atomic mass is 10.1. The quantitative estimate of drug-likeness (QED) is 0.609. The summed E-state index contributed by atoms with van der Waals surface area (Å²) in [7, 11) is 0. The molecule has 2 aliphatic heterocycles. The molecule has 9 nitrogen and oxygen atoms in total. The second-order valence-electron chi connectivity index (χ2n) is 6.72. The number of nitro groups is 1. The van der Waals surface area contributed by atoms with Crippen LogP contribution in [0.4, 0.5) is 17.1 Å². The van der Waals surface area contributed by atoms with Gasteiger partial charge in [-0.1, -0.05) is 11.6 Å². The number of nitrogens with one attached hydrogen (secondary N) is 1. The van der Waals surface area contributed by atoms with E-state index in [1.807, 2.05) is 4.90 Å². The Balaban J connectivity index is 1.46. The summed E-state index contributed by atoms with van der Waals surface area (Å²) >= 11 is 5.88. The molecule has 2 aliphatic rings. The van der Waals surface area contributed by atoms with Crippen LogP contribution in [0.15, 0.2) is 36.4 Å². The van der Waals surface area contributed by atoms with E-state index in [0.29, 0.717) is 53.9 Å². The number of nitro benzene ring substituents is 1. The minimum absolute atomic E-state index is 0.0499. The van der Waals surface area contributed by atoms with E-state index in [-0.39, 0.29) is 24.1 Å². The Bertz CT molecular complexity index is 1000. The van der Waals surface area contributed by atoms with Crippen molar-refractivity contribution in [1.29, 1.82) is 0 Å². The lowest BCUT2D eigenvalue weighted by Gasteiger charge is -2.36. The Kier molecular flexibility index (Phi) is 4.98. The standard InChI is InChI=1S/C19H17ClN4O5/c20-13-2-4-15(16(10-13)24(27)28)22-5-7-23(8-6-22)19(26)12-1-3-14-17(9-12)29-11-18(25)21-14/h1-4,9-10H,5-8,11H2,(H,21,25). The molecule has 2 heterocycles. The molecule has 1 fully saturated rings. The Hall–Kier alpha value is -3.33. The first-order valence-electron chi connectivity index (χ1n) is 8.97. The molecular formula is C19H17ClN4O5. The van der Waals surface area contributed by atoms with E-state index in [0.717, 1.165) is 0 Å². The van der Waals surface area contributed by atoms with E-state index in [4.69, 9.17) is 16.3 Å². The Morgan fingerprint density at radius 1 is 1.14 bits per heavy atom. The fourth-order valence-electron chi connectivity index (χ4n) is 3.45. The van der Waals surface area contributed by atoms with Crippen molar-refractivity contribution in [3.05, 3.63) is 57.1 Å². The molecule has 0 bridgehead atoms. The number of ether oxygens (including phenoxy) is 1. The molecule has 0 spiro atoms. The van der Waals surface area contributed by atoms with Crippen LogP contribution < -0.4 is 15.0 Å². The molecule has 29 heavy (non-hydrogen) atoms. The molecule has 0 atom stereocenters. The van der Waals surface area contributed by atoms with Crippen LogP contribution >= 0.6 is 11.6 Å². The molecule has 10 heteroatoms. The molecule has 0 unspecified atom stereocenters. The maximum Gasteiger partial charge on any atom is 0.294 e. The van der Waals surface area contributed by atoms with Crippen LogP contribution in [0.1, 0.15) is 10.4 Å². The largest absolute Gasteiger partial charge is 0.482 e. The first-order chi connectivity index (χ1) is 13.9. The van der Waals surface area contributed by atoms with E-state index in [1.54, 1.807) is 35.2 Å². The molecule has 0 aromatic heterocycles. The van der Waals surface area contributed by atoms with Crippen LogP contribution in [-0.4, -0.2) is 54.4 Å².